The number of hydrogen-bond acceptors (Lipinski definition) is 4. The van der Waals surface area contributed by atoms with Gasteiger partial charge in [0.05, 0.1) is 12.7 Å². The van der Waals surface area contributed by atoms with Crippen LogP contribution in [0.5, 0.6) is 0 Å². The molecular formula is C15H32N2O2. The van der Waals surface area contributed by atoms with Crippen molar-refractivity contribution in [3.05, 3.63) is 0 Å². The van der Waals surface area contributed by atoms with Crippen LogP contribution < -0.4 is 5.32 Å². The van der Waals surface area contributed by atoms with Gasteiger partial charge in [-0.2, -0.15) is 0 Å². The van der Waals surface area contributed by atoms with Gasteiger partial charge in [-0.25, -0.2) is 0 Å². The third kappa shape index (κ3) is 5.78. The number of aliphatic hydroxyl groups is 1. The fourth-order valence-corrected chi connectivity index (χ4v) is 2.79. The number of likely N-dealkylation sites (N-methyl/N-ethyl adjacent to an activating group) is 1. The molecule has 4 heteroatoms. The zero-order valence-corrected chi connectivity index (χ0v) is 13.1. The van der Waals surface area contributed by atoms with Crippen molar-refractivity contribution in [1.82, 2.24) is 10.2 Å². The van der Waals surface area contributed by atoms with Gasteiger partial charge in [0.1, 0.15) is 0 Å². The van der Waals surface area contributed by atoms with Crippen molar-refractivity contribution in [2.75, 3.05) is 40.4 Å². The standard InChI is InChI=1S/C15H32N2O2/c1-13(2)10-19-11-14(18)9-16-12-15(17(3)4)7-5-6-8-15/h13-14,16,18H,5-12H2,1-4H3. The first-order valence-corrected chi connectivity index (χ1v) is 7.60. The Morgan fingerprint density at radius 1 is 1.21 bits per heavy atom. The Hall–Kier alpha value is -0.160. The Labute approximate surface area is 118 Å². The third-order valence-electron chi connectivity index (χ3n) is 4.08. The molecule has 19 heavy (non-hydrogen) atoms. The normalized spacial score (nSPS) is 20.4. The van der Waals surface area contributed by atoms with E-state index in [0.717, 1.165) is 13.2 Å². The lowest BCUT2D eigenvalue weighted by Gasteiger charge is -2.37. The summed E-state index contributed by atoms with van der Waals surface area (Å²) < 4.78 is 5.45. The zero-order valence-electron chi connectivity index (χ0n) is 13.1. The van der Waals surface area contributed by atoms with Crippen LogP contribution in [0.1, 0.15) is 39.5 Å². The molecule has 1 aliphatic rings. The summed E-state index contributed by atoms with van der Waals surface area (Å²) in [4.78, 5) is 2.34. The highest BCUT2D eigenvalue weighted by Crippen LogP contribution is 2.32. The number of nitrogens with zero attached hydrogens (tertiary/aromatic N) is 1. The maximum Gasteiger partial charge on any atom is 0.0897 e. The van der Waals surface area contributed by atoms with E-state index in [2.05, 4.69) is 38.2 Å². The van der Waals surface area contributed by atoms with E-state index in [9.17, 15) is 5.11 Å². The number of rotatable bonds is 9. The lowest BCUT2D eigenvalue weighted by molar-refractivity contribution is 0.0241. The summed E-state index contributed by atoms with van der Waals surface area (Å²) in [6, 6.07) is 0. The van der Waals surface area contributed by atoms with E-state index in [1.165, 1.54) is 25.7 Å². The Balaban J connectivity index is 2.18. The highest BCUT2D eigenvalue weighted by molar-refractivity contribution is 4.94. The first kappa shape index (κ1) is 16.9. The van der Waals surface area contributed by atoms with E-state index in [1.54, 1.807) is 0 Å². The molecule has 1 fully saturated rings. The summed E-state index contributed by atoms with van der Waals surface area (Å²) in [6.07, 6.45) is 4.75. The van der Waals surface area contributed by atoms with Crippen molar-refractivity contribution < 1.29 is 9.84 Å². The lowest BCUT2D eigenvalue weighted by atomic mass is 9.96. The number of ether oxygens (including phenoxy) is 1. The molecule has 0 radical (unpaired) electrons. The second-order valence-electron chi connectivity index (χ2n) is 6.54. The summed E-state index contributed by atoms with van der Waals surface area (Å²) in [5.41, 5.74) is 0.290. The number of hydrogen-bond donors (Lipinski definition) is 2. The van der Waals surface area contributed by atoms with E-state index >= 15 is 0 Å². The predicted octanol–water partition coefficient (Wildman–Crippen LogP) is 1.48. The van der Waals surface area contributed by atoms with Gasteiger partial charge in [-0.1, -0.05) is 26.7 Å². The molecule has 114 valence electrons. The first-order chi connectivity index (χ1) is 8.96. The van der Waals surface area contributed by atoms with Crippen LogP contribution in [0, 0.1) is 5.92 Å². The van der Waals surface area contributed by atoms with Crippen LogP contribution in [0.3, 0.4) is 0 Å². The topological polar surface area (TPSA) is 44.7 Å². The molecule has 1 rings (SSSR count). The SMILES string of the molecule is CC(C)COCC(O)CNCC1(N(C)C)CCCC1. The maximum absolute atomic E-state index is 9.86. The molecule has 0 aromatic heterocycles. The summed E-state index contributed by atoms with van der Waals surface area (Å²) in [5.74, 6) is 0.524. The van der Waals surface area contributed by atoms with Gasteiger partial charge in [0, 0.05) is 25.2 Å². The Morgan fingerprint density at radius 2 is 1.84 bits per heavy atom. The van der Waals surface area contributed by atoms with Crippen LogP contribution in [0.2, 0.25) is 0 Å². The zero-order chi connectivity index (χ0) is 14.3. The van der Waals surface area contributed by atoms with Gasteiger partial charge in [-0.15, -0.1) is 0 Å². The van der Waals surface area contributed by atoms with E-state index < -0.39 is 6.10 Å². The molecule has 0 aromatic rings. The second-order valence-corrected chi connectivity index (χ2v) is 6.54. The summed E-state index contributed by atoms with van der Waals surface area (Å²) in [6.45, 7) is 6.96. The molecule has 0 amide bonds. The van der Waals surface area contributed by atoms with Crippen LogP contribution in [0.25, 0.3) is 0 Å². The fraction of sp³-hybridized carbons (Fsp3) is 1.00. The van der Waals surface area contributed by atoms with Crippen LogP contribution >= 0.6 is 0 Å². The molecule has 2 N–H and O–H groups in total. The predicted molar refractivity (Wildman–Crippen MR) is 79.4 cm³/mol. The quantitative estimate of drug-likeness (QED) is 0.667. The Morgan fingerprint density at radius 3 is 2.37 bits per heavy atom. The minimum atomic E-state index is -0.403. The van der Waals surface area contributed by atoms with Crippen LogP contribution in [0.15, 0.2) is 0 Å². The fourth-order valence-electron chi connectivity index (χ4n) is 2.79. The molecular weight excluding hydrogens is 240 g/mol. The van der Waals surface area contributed by atoms with Crippen molar-refractivity contribution in [3.8, 4) is 0 Å². The molecule has 0 heterocycles. The molecule has 1 unspecified atom stereocenters. The summed E-state index contributed by atoms with van der Waals surface area (Å²) >= 11 is 0. The Bertz CT molecular complexity index is 238. The minimum absolute atomic E-state index is 0.290. The average molecular weight is 272 g/mol. The average Bonchev–Trinajstić information content (AvgIpc) is 2.78. The molecule has 0 bridgehead atoms. The number of aliphatic hydroxyl groups excluding tert-OH is 1. The number of nitrogens with one attached hydrogen (secondary N) is 1. The van der Waals surface area contributed by atoms with Crippen molar-refractivity contribution >= 4 is 0 Å². The smallest absolute Gasteiger partial charge is 0.0897 e. The van der Waals surface area contributed by atoms with Gasteiger partial charge < -0.3 is 20.1 Å². The largest absolute Gasteiger partial charge is 0.389 e. The lowest BCUT2D eigenvalue weighted by Crippen LogP contribution is -2.50. The van der Waals surface area contributed by atoms with Crippen molar-refractivity contribution in [3.63, 3.8) is 0 Å². The molecule has 0 aliphatic heterocycles. The maximum atomic E-state index is 9.86. The van der Waals surface area contributed by atoms with E-state index in [4.69, 9.17) is 4.74 Å². The molecule has 1 aliphatic carbocycles. The van der Waals surface area contributed by atoms with Gasteiger partial charge in [0.2, 0.25) is 0 Å². The van der Waals surface area contributed by atoms with Crippen LogP contribution in [0.4, 0.5) is 0 Å². The third-order valence-corrected chi connectivity index (χ3v) is 4.08. The van der Waals surface area contributed by atoms with E-state index in [-0.39, 0.29) is 0 Å². The van der Waals surface area contributed by atoms with Crippen LogP contribution in [-0.4, -0.2) is 62.0 Å². The van der Waals surface area contributed by atoms with Gasteiger partial charge in [0.15, 0.2) is 0 Å². The van der Waals surface area contributed by atoms with Crippen molar-refractivity contribution in [2.24, 2.45) is 5.92 Å². The molecule has 1 saturated carbocycles. The van der Waals surface area contributed by atoms with E-state index in [1.807, 2.05) is 0 Å². The van der Waals surface area contributed by atoms with E-state index in [0.29, 0.717) is 24.6 Å². The van der Waals surface area contributed by atoms with Gasteiger partial charge >= 0.3 is 0 Å². The van der Waals surface area contributed by atoms with Gasteiger partial charge in [-0.05, 0) is 32.9 Å². The molecule has 0 saturated heterocycles. The molecule has 4 nitrogen and oxygen atoms in total. The first-order valence-electron chi connectivity index (χ1n) is 7.60. The highest BCUT2D eigenvalue weighted by atomic mass is 16.5. The molecule has 0 aromatic carbocycles. The Kier molecular flexibility index (Phi) is 7.29. The molecule has 1 atom stereocenters. The summed E-state index contributed by atoms with van der Waals surface area (Å²) in [7, 11) is 4.32. The van der Waals surface area contributed by atoms with Crippen LogP contribution in [-0.2, 0) is 4.74 Å². The highest BCUT2D eigenvalue weighted by Gasteiger charge is 2.35. The second kappa shape index (κ2) is 8.20. The van der Waals surface area contributed by atoms with Crippen molar-refractivity contribution in [1.29, 1.82) is 0 Å². The summed E-state index contributed by atoms with van der Waals surface area (Å²) in [5, 5.41) is 13.3. The van der Waals surface area contributed by atoms with Gasteiger partial charge in [0.25, 0.3) is 0 Å². The van der Waals surface area contributed by atoms with Gasteiger partial charge in [-0.3, -0.25) is 0 Å². The minimum Gasteiger partial charge on any atom is -0.389 e. The monoisotopic (exact) mass is 272 g/mol. The molecule has 0 spiro atoms. The van der Waals surface area contributed by atoms with Crippen molar-refractivity contribution in [2.45, 2.75) is 51.2 Å².